The maximum atomic E-state index is 12.5. The molecule has 2 aromatic rings. The van der Waals surface area contributed by atoms with Gasteiger partial charge in [0.15, 0.2) is 0 Å². The number of carbonyl (C=O) groups is 1. The van der Waals surface area contributed by atoms with Crippen molar-refractivity contribution >= 4 is 11.7 Å². The Labute approximate surface area is 155 Å². The molecule has 0 atom stereocenters. The molecule has 5 nitrogen and oxygen atoms in total. The summed E-state index contributed by atoms with van der Waals surface area (Å²) in [5, 5.41) is 2.98. The van der Waals surface area contributed by atoms with Crippen LogP contribution in [0.15, 0.2) is 42.6 Å². The molecule has 1 fully saturated rings. The highest BCUT2D eigenvalue weighted by Crippen LogP contribution is 2.19. The van der Waals surface area contributed by atoms with E-state index >= 15 is 0 Å². The number of rotatable bonds is 7. The molecule has 26 heavy (non-hydrogen) atoms. The first kappa shape index (κ1) is 18.2. The van der Waals surface area contributed by atoms with Crippen LogP contribution in [0.4, 0.5) is 5.82 Å². The second-order valence-corrected chi connectivity index (χ2v) is 7.13. The molecule has 0 spiro atoms. The fourth-order valence-electron chi connectivity index (χ4n) is 2.96. The van der Waals surface area contributed by atoms with E-state index in [1.807, 2.05) is 24.4 Å². The van der Waals surface area contributed by atoms with Crippen molar-refractivity contribution in [2.45, 2.75) is 33.2 Å². The number of nitrogens with one attached hydrogen (secondary N) is 1. The van der Waals surface area contributed by atoms with Gasteiger partial charge in [0.2, 0.25) is 0 Å². The van der Waals surface area contributed by atoms with Crippen LogP contribution in [0.1, 0.15) is 42.6 Å². The monoisotopic (exact) mass is 353 g/mol. The molecule has 5 heteroatoms. The Morgan fingerprint density at radius 1 is 1.23 bits per heavy atom. The average Bonchev–Trinajstić information content (AvgIpc) is 3.20. The van der Waals surface area contributed by atoms with Gasteiger partial charge in [0.05, 0.1) is 6.61 Å². The van der Waals surface area contributed by atoms with E-state index in [0.29, 0.717) is 24.6 Å². The number of hydrogen-bond acceptors (Lipinski definition) is 4. The summed E-state index contributed by atoms with van der Waals surface area (Å²) in [6.07, 6.45) is 4.26. The molecule has 1 aliphatic heterocycles. The van der Waals surface area contributed by atoms with E-state index in [1.54, 1.807) is 12.1 Å². The van der Waals surface area contributed by atoms with Gasteiger partial charge in [-0.3, -0.25) is 4.79 Å². The Morgan fingerprint density at radius 2 is 2.04 bits per heavy atom. The lowest BCUT2D eigenvalue weighted by molar-refractivity contribution is 0.0950. The van der Waals surface area contributed by atoms with Gasteiger partial charge in [0.25, 0.3) is 5.91 Å². The van der Waals surface area contributed by atoms with Crippen LogP contribution in [-0.4, -0.2) is 30.6 Å². The number of amides is 1. The van der Waals surface area contributed by atoms with E-state index in [0.717, 1.165) is 30.2 Å². The summed E-state index contributed by atoms with van der Waals surface area (Å²) in [5.41, 5.74) is 1.67. The molecule has 0 radical (unpaired) electrons. The van der Waals surface area contributed by atoms with Crippen LogP contribution in [0.2, 0.25) is 0 Å². The van der Waals surface area contributed by atoms with Crippen molar-refractivity contribution in [1.29, 1.82) is 0 Å². The number of aromatic nitrogens is 1. The van der Waals surface area contributed by atoms with Gasteiger partial charge in [-0.25, -0.2) is 4.98 Å². The first-order valence-corrected chi connectivity index (χ1v) is 9.33. The minimum Gasteiger partial charge on any atom is -0.493 e. The largest absolute Gasteiger partial charge is 0.493 e. The van der Waals surface area contributed by atoms with Gasteiger partial charge in [0, 0.05) is 31.4 Å². The molecule has 138 valence electrons. The molecule has 2 heterocycles. The maximum absolute atomic E-state index is 12.5. The van der Waals surface area contributed by atoms with Gasteiger partial charge >= 0.3 is 0 Å². The molecule has 1 aromatic carbocycles. The number of hydrogen-bond donors (Lipinski definition) is 1. The van der Waals surface area contributed by atoms with E-state index in [2.05, 4.69) is 35.1 Å². The fourth-order valence-corrected chi connectivity index (χ4v) is 2.96. The minimum atomic E-state index is -0.0977. The Morgan fingerprint density at radius 3 is 2.81 bits per heavy atom. The number of carbonyl (C=O) groups excluding carboxylic acids is 1. The summed E-state index contributed by atoms with van der Waals surface area (Å²) >= 11 is 0. The zero-order valence-electron chi connectivity index (χ0n) is 15.6. The van der Waals surface area contributed by atoms with Gasteiger partial charge in [0.1, 0.15) is 11.6 Å². The van der Waals surface area contributed by atoms with Crippen LogP contribution in [0.3, 0.4) is 0 Å². The fraction of sp³-hybridized carbons (Fsp3) is 0.429. The van der Waals surface area contributed by atoms with Gasteiger partial charge in [-0.05, 0) is 54.7 Å². The smallest absolute Gasteiger partial charge is 0.251 e. The number of nitrogens with zero attached hydrogens (tertiary/aromatic N) is 2. The standard InChI is InChI=1S/C21H27N3O2/c1-16(2)15-26-19-7-5-6-18(13-19)21(25)23-14-17-8-9-22-20(12-17)24-10-3-4-11-24/h5-9,12-13,16H,3-4,10-11,14-15H2,1-2H3,(H,23,25). The molecule has 1 N–H and O–H groups in total. The van der Waals surface area contributed by atoms with Crippen molar-refractivity contribution in [2.24, 2.45) is 5.92 Å². The normalized spacial score (nSPS) is 13.9. The molecular formula is C21H27N3O2. The second-order valence-electron chi connectivity index (χ2n) is 7.13. The maximum Gasteiger partial charge on any atom is 0.251 e. The molecular weight excluding hydrogens is 326 g/mol. The molecule has 0 aliphatic carbocycles. The predicted molar refractivity (Wildman–Crippen MR) is 104 cm³/mol. The van der Waals surface area contributed by atoms with E-state index < -0.39 is 0 Å². The Balaban J connectivity index is 1.58. The number of pyridine rings is 1. The summed E-state index contributed by atoms with van der Waals surface area (Å²) in [6, 6.07) is 11.3. The molecule has 1 saturated heterocycles. The highest BCUT2D eigenvalue weighted by atomic mass is 16.5. The molecule has 0 unspecified atom stereocenters. The topological polar surface area (TPSA) is 54.5 Å². The summed E-state index contributed by atoms with van der Waals surface area (Å²) in [5.74, 6) is 2.08. The molecule has 1 aromatic heterocycles. The number of ether oxygens (including phenoxy) is 1. The lowest BCUT2D eigenvalue weighted by atomic mass is 10.2. The lowest BCUT2D eigenvalue weighted by Crippen LogP contribution is -2.23. The van der Waals surface area contributed by atoms with Gasteiger partial charge < -0.3 is 15.0 Å². The first-order valence-electron chi connectivity index (χ1n) is 9.33. The number of anilines is 1. The third kappa shape index (κ3) is 4.97. The van der Waals surface area contributed by atoms with Crippen LogP contribution in [0, 0.1) is 5.92 Å². The van der Waals surface area contributed by atoms with Crippen molar-refractivity contribution < 1.29 is 9.53 Å². The SMILES string of the molecule is CC(C)COc1cccc(C(=O)NCc2ccnc(N3CCCC3)c2)c1. The van der Waals surface area contributed by atoms with E-state index in [-0.39, 0.29) is 5.91 Å². The lowest BCUT2D eigenvalue weighted by Gasteiger charge is -2.17. The van der Waals surface area contributed by atoms with Crippen molar-refractivity contribution in [1.82, 2.24) is 10.3 Å². The van der Waals surface area contributed by atoms with E-state index in [1.165, 1.54) is 12.8 Å². The van der Waals surface area contributed by atoms with Crippen LogP contribution in [0.5, 0.6) is 5.75 Å². The molecule has 1 aliphatic rings. The minimum absolute atomic E-state index is 0.0977. The van der Waals surface area contributed by atoms with E-state index in [9.17, 15) is 4.79 Å². The summed E-state index contributed by atoms with van der Waals surface area (Å²) in [7, 11) is 0. The van der Waals surface area contributed by atoms with Crippen molar-refractivity contribution in [3.05, 3.63) is 53.7 Å². The van der Waals surface area contributed by atoms with Crippen LogP contribution < -0.4 is 15.0 Å². The zero-order chi connectivity index (χ0) is 18.4. The molecule has 0 bridgehead atoms. The highest BCUT2D eigenvalue weighted by Gasteiger charge is 2.14. The van der Waals surface area contributed by atoms with Crippen molar-refractivity contribution in [2.75, 3.05) is 24.6 Å². The Kier molecular flexibility index (Phi) is 6.10. The third-order valence-electron chi connectivity index (χ3n) is 4.37. The quantitative estimate of drug-likeness (QED) is 0.825. The number of benzene rings is 1. The van der Waals surface area contributed by atoms with Gasteiger partial charge in [-0.1, -0.05) is 19.9 Å². The van der Waals surface area contributed by atoms with Crippen LogP contribution in [-0.2, 0) is 6.54 Å². The Hall–Kier alpha value is -2.56. The van der Waals surface area contributed by atoms with Crippen LogP contribution >= 0.6 is 0 Å². The van der Waals surface area contributed by atoms with Gasteiger partial charge in [-0.15, -0.1) is 0 Å². The molecule has 3 rings (SSSR count). The second kappa shape index (κ2) is 8.70. The summed E-state index contributed by atoms with van der Waals surface area (Å²) in [6.45, 7) is 7.45. The average molecular weight is 353 g/mol. The molecule has 0 saturated carbocycles. The highest BCUT2D eigenvalue weighted by molar-refractivity contribution is 5.94. The van der Waals surface area contributed by atoms with Crippen LogP contribution in [0.25, 0.3) is 0 Å². The Bertz CT molecular complexity index is 740. The first-order chi connectivity index (χ1) is 12.6. The summed E-state index contributed by atoms with van der Waals surface area (Å²) < 4.78 is 5.70. The van der Waals surface area contributed by atoms with E-state index in [4.69, 9.17) is 4.74 Å². The summed E-state index contributed by atoms with van der Waals surface area (Å²) in [4.78, 5) is 19.2. The third-order valence-corrected chi connectivity index (χ3v) is 4.37. The zero-order valence-corrected chi connectivity index (χ0v) is 15.6. The predicted octanol–water partition coefficient (Wildman–Crippen LogP) is 3.65. The molecule has 1 amide bonds. The van der Waals surface area contributed by atoms with Gasteiger partial charge in [-0.2, -0.15) is 0 Å². The van der Waals surface area contributed by atoms with Crippen molar-refractivity contribution in [3.8, 4) is 5.75 Å². The van der Waals surface area contributed by atoms with Crippen molar-refractivity contribution in [3.63, 3.8) is 0 Å².